The van der Waals surface area contributed by atoms with E-state index in [1.54, 1.807) is 19.0 Å². The first-order chi connectivity index (χ1) is 15.0. The van der Waals surface area contributed by atoms with E-state index in [0.29, 0.717) is 12.1 Å². The van der Waals surface area contributed by atoms with Gasteiger partial charge in [-0.25, -0.2) is 4.99 Å². The van der Waals surface area contributed by atoms with Crippen molar-refractivity contribution < 1.29 is 4.79 Å². The molecular formula is C25H37N5O. The van der Waals surface area contributed by atoms with Crippen LogP contribution in [0.25, 0.3) is 0 Å². The lowest BCUT2D eigenvalue weighted by Crippen LogP contribution is -2.43. The van der Waals surface area contributed by atoms with Gasteiger partial charge in [0.05, 0.1) is 12.6 Å². The molecule has 0 heterocycles. The molecule has 2 aromatic rings. The summed E-state index contributed by atoms with van der Waals surface area (Å²) < 4.78 is 0. The molecule has 6 heteroatoms. The second-order valence-corrected chi connectivity index (χ2v) is 7.62. The van der Waals surface area contributed by atoms with Gasteiger partial charge in [0, 0.05) is 32.7 Å². The number of amides is 1. The summed E-state index contributed by atoms with van der Waals surface area (Å²) in [5.41, 5.74) is 3.05. The molecule has 0 aromatic heterocycles. The average molecular weight is 424 g/mol. The van der Waals surface area contributed by atoms with Crippen LogP contribution in [0, 0.1) is 0 Å². The van der Waals surface area contributed by atoms with Crippen LogP contribution < -0.4 is 10.6 Å². The highest BCUT2D eigenvalue weighted by atomic mass is 16.2. The second-order valence-electron chi connectivity index (χ2n) is 7.62. The number of likely N-dealkylation sites (N-methyl/N-ethyl adjacent to an activating group) is 1. The number of aliphatic imine (C=N–C) groups is 1. The largest absolute Gasteiger partial charge is 0.357 e. The Bertz CT molecular complexity index is 814. The van der Waals surface area contributed by atoms with Crippen molar-refractivity contribution in [3.63, 3.8) is 0 Å². The van der Waals surface area contributed by atoms with E-state index in [-0.39, 0.29) is 11.9 Å². The summed E-state index contributed by atoms with van der Waals surface area (Å²) in [7, 11) is 3.52. The van der Waals surface area contributed by atoms with Crippen molar-refractivity contribution in [3.05, 3.63) is 71.3 Å². The third kappa shape index (κ3) is 7.40. The van der Waals surface area contributed by atoms with Crippen molar-refractivity contribution in [2.75, 3.05) is 40.3 Å². The number of hydrogen-bond acceptors (Lipinski definition) is 3. The van der Waals surface area contributed by atoms with Gasteiger partial charge in [-0.15, -0.1) is 0 Å². The zero-order valence-corrected chi connectivity index (χ0v) is 19.6. The predicted molar refractivity (Wildman–Crippen MR) is 129 cm³/mol. The summed E-state index contributed by atoms with van der Waals surface area (Å²) in [5, 5.41) is 6.86. The molecule has 6 nitrogen and oxygen atoms in total. The fourth-order valence-corrected chi connectivity index (χ4v) is 3.51. The molecule has 1 unspecified atom stereocenters. The van der Waals surface area contributed by atoms with E-state index in [2.05, 4.69) is 66.6 Å². The van der Waals surface area contributed by atoms with Crippen LogP contribution in [0.15, 0.2) is 59.6 Å². The van der Waals surface area contributed by atoms with Gasteiger partial charge < -0.3 is 15.5 Å². The minimum absolute atomic E-state index is 0.00779. The average Bonchev–Trinajstić information content (AvgIpc) is 2.80. The van der Waals surface area contributed by atoms with Gasteiger partial charge in [-0.1, -0.05) is 56.3 Å². The van der Waals surface area contributed by atoms with Crippen LogP contribution in [0.5, 0.6) is 0 Å². The SMILES string of the molecule is CCNC(=NCc1ccc(C(=O)N(C)C)cc1)NCC(c1ccccc1)N(CC)CC. The molecule has 0 saturated carbocycles. The summed E-state index contributed by atoms with van der Waals surface area (Å²) in [6.07, 6.45) is 0. The van der Waals surface area contributed by atoms with E-state index in [0.717, 1.165) is 37.7 Å². The number of guanidine groups is 1. The normalized spacial score (nSPS) is 12.5. The maximum atomic E-state index is 12.1. The quantitative estimate of drug-likeness (QED) is 0.453. The fourth-order valence-electron chi connectivity index (χ4n) is 3.51. The zero-order chi connectivity index (χ0) is 22.6. The van der Waals surface area contributed by atoms with E-state index < -0.39 is 0 Å². The van der Waals surface area contributed by atoms with Gasteiger partial charge in [-0.05, 0) is 43.3 Å². The van der Waals surface area contributed by atoms with Gasteiger partial charge in [0.1, 0.15) is 0 Å². The van der Waals surface area contributed by atoms with Gasteiger partial charge >= 0.3 is 0 Å². The Labute approximate surface area is 187 Å². The first-order valence-corrected chi connectivity index (χ1v) is 11.1. The summed E-state index contributed by atoms with van der Waals surface area (Å²) in [5.74, 6) is 0.803. The van der Waals surface area contributed by atoms with Crippen molar-refractivity contribution in [2.45, 2.75) is 33.4 Å². The number of rotatable bonds is 10. The van der Waals surface area contributed by atoms with Crippen molar-refractivity contribution in [3.8, 4) is 0 Å². The van der Waals surface area contributed by atoms with Crippen molar-refractivity contribution in [1.82, 2.24) is 20.4 Å². The van der Waals surface area contributed by atoms with Gasteiger partial charge in [0.25, 0.3) is 5.91 Å². The zero-order valence-electron chi connectivity index (χ0n) is 19.6. The Morgan fingerprint density at radius 3 is 2.13 bits per heavy atom. The third-order valence-electron chi connectivity index (χ3n) is 5.27. The van der Waals surface area contributed by atoms with Crippen LogP contribution in [-0.2, 0) is 6.54 Å². The van der Waals surface area contributed by atoms with E-state index in [9.17, 15) is 4.79 Å². The number of hydrogen-bond donors (Lipinski definition) is 2. The summed E-state index contributed by atoms with van der Waals surface area (Å²) in [6.45, 7) is 10.6. The van der Waals surface area contributed by atoms with E-state index in [1.165, 1.54) is 5.56 Å². The number of nitrogens with one attached hydrogen (secondary N) is 2. The van der Waals surface area contributed by atoms with Gasteiger partial charge in [0.15, 0.2) is 5.96 Å². The number of benzene rings is 2. The smallest absolute Gasteiger partial charge is 0.253 e. The van der Waals surface area contributed by atoms with Crippen LogP contribution in [0.1, 0.15) is 48.3 Å². The van der Waals surface area contributed by atoms with Crippen LogP contribution in [0.2, 0.25) is 0 Å². The lowest BCUT2D eigenvalue weighted by molar-refractivity contribution is 0.0827. The molecule has 0 saturated heterocycles. The first kappa shape index (κ1) is 24.4. The molecule has 2 rings (SSSR count). The summed E-state index contributed by atoms with van der Waals surface area (Å²) >= 11 is 0. The highest BCUT2D eigenvalue weighted by molar-refractivity contribution is 5.93. The lowest BCUT2D eigenvalue weighted by Gasteiger charge is -2.30. The maximum absolute atomic E-state index is 12.1. The molecule has 1 amide bonds. The highest BCUT2D eigenvalue weighted by Gasteiger charge is 2.18. The number of carbonyl (C=O) groups excluding carboxylic acids is 1. The molecule has 0 radical (unpaired) electrons. The lowest BCUT2D eigenvalue weighted by atomic mass is 10.1. The molecule has 0 aliphatic heterocycles. The van der Waals surface area contributed by atoms with Crippen molar-refractivity contribution in [1.29, 1.82) is 0 Å². The fraction of sp³-hybridized carbons (Fsp3) is 0.440. The molecule has 168 valence electrons. The van der Waals surface area contributed by atoms with E-state index in [4.69, 9.17) is 4.99 Å². The standard InChI is InChI=1S/C25H37N5O/c1-6-26-25(27-18-20-14-16-22(17-15-20)24(31)29(4)5)28-19-23(30(7-2)8-3)21-12-10-9-11-13-21/h9-17,23H,6-8,18-19H2,1-5H3,(H2,26,27,28). The molecule has 1 atom stereocenters. The molecule has 0 aliphatic rings. The highest BCUT2D eigenvalue weighted by Crippen LogP contribution is 2.19. The minimum atomic E-state index is 0.00779. The van der Waals surface area contributed by atoms with Crippen molar-refractivity contribution >= 4 is 11.9 Å². The molecule has 2 N–H and O–H groups in total. The molecule has 0 bridgehead atoms. The summed E-state index contributed by atoms with van der Waals surface area (Å²) in [4.78, 5) is 20.8. The van der Waals surface area contributed by atoms with E-state index in [1.807, 2.05) is 24.3 Å². The Hall–Kier alpha value is -2.86. The van der Waals surface area contributed by atoms with Crippen LogP contribution >= 0.6 is 0 Å². The van der Waals surface area contributed by atoms with E-state index >= 15 is 0 Å². The Balaban J connectivity index is 2.08. The molecule has 2 aromatic carbocycles. The van der Waals surface area contributed by atoms with Crippen LogP contribution in [0.3, 0.4) is 0 Å². The Morgan fingerprint density at radius 2 is 1.58 bits per heavy atom. The van der Waals surface area contributed by atoms with Crippen LogP contribution in [-0.4, -0.2) is 61.9 Å². The van der Waals surface area contributed by atoms with Crippen LogP contribution in [0.4, 0.5) is 0 Å². The number of carbonyl (C=O) groups is 1. The third-order valence-corrected chi connectivity index (χ3v) is 5.27. The van der Waals surface area contributed by atoms with Gasteiger partial charge in [0.2, 0.25) is 0 Å². The predicted octanol–water partition coefficient (Wildman–Crippen LogP) is 3.53. The first-order valence-electron chi connectivity index (χ1n) is 11.1. The van der Waals surface area contributed by atoms with Gasteiger partial charge in [-0.2, -0.15) is 0 Å². The maximum Gasteiger partial charge on any atom is 0.253 e. The molecule has 0 spiro atoms. The Kier molecular flexibility index (Phi) is 10.0. The van der Waals surface area contributed by atoms with Gasteiger partial charge in [-0.3, -0.25) is 9.69 Å². The topological polar surface area (TPSA) is 60.0 Å². The molecule has 0 aliphatic carbocycles. The molecule has 0 fully saturated rings. The molecular weight excluding hydrogens is 386 g/mol. The summed E-state index contributed by atoms with van der Waals surface area (Å²) in [6, 6.07) is 18.5. The minimum Gasteiger partial charge on any atom is -0.357 e. The molecule has 31 heavy (non-hydrogen) atoms. The van der Waals surface area contributed by atoms with Crippen molar-refractivity contribution in [2.24, 2.45) is 4.99 Å². The second kappa shape index (κ2) is 12.7. The Morgan fingerprint density at radius 1 is 0.935 bits per heavy atom. The monoisotopic (exact) mass is 423 g/mol. The number of nitrogens with zero attached hydrogens (tertiary/aromatic N) is 3.